The molecule has 0 amide bonds. The molecular weight excluding hydrogens is 437 g/mol. The van der Waals surface area contributed by atoms with E-state index < -0.39 is 12.7 Å². The summed E-state index contributed by atoms with van der Waals surface area (Å²) in [5.41, 5.74) is 6.94. The van der Waals surface area contributed by atoms with Gasteiger partial charge in [0.05, 0.1) is 12.2 Å². The number of piperidine rings is 1. The fraction of sp³-hybridized carbons (Fsp3) is 0.370. The second kappa shape index (κ2) is 8.95. The van der Waals surface area contributed by atoms with Crippen LogP contribution in [0.5, 0.6) is 0 Å². The number of nitrogens with one attached hydrogen (secondary N) is 1. The highest BCUT2D eigenvalue weighted by Crippen LogP contribution is 2.38. The summed E-state index contributed by atoms with van der Waals surface area (Å²) < 4.78 is 41.4. The largest absolute Gasteiger partial charge is 0.401 e. The van der Waals surface area contributed by atoms with Crippen LogP contribution in [0.1, 0.15) is 34.6 Å². The van der Waals surface area contributed by atoms with E-state index in [1.807, 2.05) is 30.6 Å². The van der Waals surface area contributed by atoms with Crippen LogP contribution in [0.15, 0.2) is 61.1 Å². The van der Waals surface area contributed by atoms with E-state index >= 15 is 0 Å². The summed E-state index contributed by atoms with van der Waals surface area (Å²) in [7, 11) is 0. The molecule has 2 aromatic heterocycles. The Bertz CT molecular complexity index is 1260. The number of fused-ring (bicyclic) bond motifs is 1. The molecule has 2 aromatic carbocycles. The van der Waals surface area contributed by atoms with E-state index in [9.17, 15) is 13.2 Å². The van der Waals surface area contributed by atoms with E-state index in [4.69, 9.17) is 0 Å². The minimum absolute atomic E-state index is 0.0254. The number of H-pyrrole nitrogens is 1. The van der Waals surface area contributed by atoms with Crippen LogP contribution in [-0.4, -0.2) is 45.5 Å². The highest BCUT2D eigenvalue weighted by atomic mass is 19.4. The van der Waals surface area contributed by atoms with Crippen LogP contribution >= 0.6 is 0 Å². The lowest BCUT2D eigenvalue weighted by molar-refractivity contribution is -0.149. The molecule has 2 atom stereocenters. The summed E-state index contributed by atoms with van der Waals surface area (Å²) in [5, 5.41) is 5.50. The SMILES string of the molecule is Cc1cc(C)c2[nH]ccc2c1C[C@@H]1CCN(CC(F)(F)F)C[C@H]1c1ccc(-n2cccn2)cc1. The van der Waals surface area contributed by atoms with Crippen molar-refractivity contribution in [2.45, 2.75) is 38.8 Å². The van der Waals surface area contributed by atoms with Gasteiger partial charge in [-0.05, 0) is 91.6 Å². The maximum Gasteiger partial charge on any atom is 0.401 e. The Kier molecular flexibility index (Phi) is 5.98. The first-order chi connectivity index (χ1) is 16.3. The Morgan fingerprint density at radius 3 is 2.59 bits per heavy atom. The first kappa shape index (κ1) is 22.7. The van der Waals surface area contributed by atoms with Crippen molar-refractivity contribution in [1.82, 2.24) is 19.7 Å². The lowest BCUT2D eigenvalue weighted by Crippen LogP contribution is -2.44. The van der Waals surface area contributed by atoms with Crippen LogP contribution in [0.3, 0.4) is 0 Å². The number of aromatic amines is 1. The summed E-state index contributed by atoms with van der Waals surface area (Å²) in [6.45, 7) is 4.27. The molecule has 4 nitrogen and oxygen atoms in total. The molecule has 0 bridgehead atoms. The molecule has 1 fully saturated rings. The fourth-order valence-corrected chi connectivity index (χ4v) is 5.56. The lowest BCUT2D eigenvalue weighted by Gasteiger charge is -2.39. The molecule has 0 spiro atoms. The van der Waals surface area contributed by atoms with E-state index in [2.05, 4.69) is 48.2 Å². The summed E-state index contributed by atoms with van der Waals surface area (Å²) in [6, 6.07) is 14.3. The van der Waals surface area contributed by atoms with Crippen molar-refractivity contribution in [3.8, 4) is 5.69 Å². The van der Waals surface area contributed by atoms with Gasteiger partial charge in [-0.2, -0.15) is 18.3 Å². The van der Waals surface area contributed by atoms with Gasteiger partial charge in [-0.25, -0.2) is 4.68 Å². The first-order valence-corrected chi connectivity index (χ1v) is 11.7. The zero-order valence-electron chi connectivity index (χ0n) is 19.4. The van der Waals surface area contributed by atoms with Gasteiger partial charge in [0, 0.05) is 36.0 Å². The number of likely N-dealkylation sites (tertiary alicyclic amines) is 1. The molecule has 1 aliphatic heterocycles. The number of nitrogens with zero attached hydrogens (tertiary/aromatic N) is 3. The van der Waals surface area contributed by atoms with Crippen LogP contribution < -0.4 is 0 Å². The van der Waals surface area contributed by atoms with Crippen LogP contribution in [0.2, 0.25) is 0 Å². The van der Waals surface area contributed by atoms with E-state index in [0.29, 0.717) is 13.1 Å². The third-order valence-corrected chi connectivity index (χ3v) is 7.17. The maximum absolute atomic E-state index is 13.2. The number of hydrogen-bond donors (Lipinski definition) is 1. The van der Waals surface area contributed by atoms with Crippen LogP contribution in [-0.2, 0) is 6.42 Å². The molecular formula is C27H29F3N4. The normalized spacial score (nSPS) is 19.7. The molecule has 1 N–H and O–H groups in total. The average molecular weight is 467 g/mol. The predicted octanol–water partition coefficient (Wildman–Crippen LogP) is 6.18. The minimum atomic E-state index is -4.19. The van der Waals surface area contributed by atoms with E-state index in [-0.39, 0.29) is 11.8 Å². The second-order valence-electron chi connectivity index (χ2n) is 9.51. The molecule has 5 rings (SSSR count). The third kappa shape index (κ3) is 4.62. The number of rotatable bonds is 5. The standard InChI is InChI=1S/C27H29F3N4/c1-18-14-19(2)26-23(8-11-31-26)24(18)15-21-9-13-33(17-27(28,29)30)16-25(21)20-4-6-22(7-5-20)34-12-3-10-32-34/h3-8,10-12,14,21,25,31H,9,13,15-17H2,1-2H3/t21-,25-/m0/s1. The number of hydrogen-bond acceptors (Lipinski definition) is 2. The van der Waals surface area contributed by atoms with E-state index in [1.54, 1.807) is 15.8 Å². The van der Waals surface area contributed by atoms with E-state index in [0.717, 1.165) is 29.6 Å². The molecule has 1 aliphatic rings. The smallest absolute Gasteiger partial charge is 0.361 e. The molecule has 0 aliphatic carbocycles. The van der Waals surface area contributed by atoms with Crippen molar-refractivity contribution >= 4 is 10.9 Å². The van der Waals surface area contributed by atoms with Crippen molar-refractivity contribution in [3.05, 3.63) is 83.3 Å². The van der Waals surface area contributed by atoms with E-state index in [1.165, 1.54) is 22.1 Å². The predicted molar refractivity (Wildman–Crippen MR) is 128 cm³/mol. The van der Waals surface area contributed by atoms with Crippen LogP contribution in [0.25, 0.3) is 16.6 Å². The molecule has 3 heterocycles. The van der Waals surface area contributed by atoms with Crippen molar-refractivity contribution < 1.29 is 13.2 Å². The zero-order valence-corrected chi connectivity index (χ0v) is 19.4. The highest BCUT2D eigenvalue weighted by molar-refractivity contribution is 5.87. The van der Waals surface area contributed by atoms with Gasteiger partial charge in [0.25, 0.3) is 0 Å². The molecule has 0 unspecified atom stereocenters. The van der Waals surface area contributed by atoms with Gasteiger partial charge in [0.1, 0.15) is 0 Å². The van der Waals surface area contributed by atoms with Crippen molar-refractivity contribution in [1.29, 1.82) is 0 Å². The van der Waals surface area contributed by atoms with Crippen LogP contribution in [0, 0.1) is 19.8 Å². The summed E-state index contributed by atoms with van der Waals surface area (Å²) in [6.07, 6.45) is 2.98. The Balaban J connectivity index is 1.46. The average Bonchev–Trinajstić information content (AvgIpc) is 3.49. The molecule has 0 radical (unpaired) electrons. The number of alkyl halides is 3. The zero-order chi connectivity index (χ0) is 23.9. The molecule has 178 valence electrons. The van der Waals surface area contributed by atoms with Crippen molar-refractivity contribution in [2.24, 2.45) is 5.92 Å². The third-order valence-electron chi connectivity index (χ3n) is 7.17. The summed E-state index contributed by atoms with van der Waals surface area (Å²) in [5.74, 6) is 0.289. The monoisotopic (exact) mass is 466 g/mol. The van der Waals surface area contributed by atoms with Gasteiger partial charge in [0.2, 0.25) is 0 Å². The van der Waals surface area contributed by atoms with Crippen molar-refractivity contribution in [2.75, 3.05) is 19.6 Å². The summed E-state index contributed by atoms with van der Waals surface area (Å²) >= 11 is 0. The Morgan fingerprint density at radius 1 is 1.09 bits per heavy atom. The molecule has 34 heavy (non-hydrogen) atoms. The number of halogens is 3. The van der Waals surface area contributed by atoms with Gasteiger partial charge >= 0.3 is 6.18 Å². The van der Waals surface area contributed by atoms with Crippen molar-refractivity contribution in [3.63, 3.8) is 0 Å². The van der Waals surface area contributed by atoms with Gasteiger partial charge in [0.15, 0.2) is 0 Å². The van der Waals surface area contributed by atoms with Gasteiger partial charge < -0.3 is 4.98 Å². The Labute approximate surface area is 197 Å². The van der Waals surface area contributed by atoms with Gasteiger partial charge in [-0.15, -0.1) is 0 Å². The van der Waals surface area contributed by atoms with Gasteiger partial charge in [-0.1, -0.05) is 18.2 Å². The van der Waals surface area contributed by atoms with Gasteiger partial charge in [-0.3, -0.25) is 4.90 Å². The number of aromatic nitrogens is 3. The maximum atomic E-state index is 13.2. The second-order valence-corrected chi connectivity index (χ2v) is 9.51. The lowest BCUT2D eigenvalue weighted by atomic mass is 9.76. The first-order valence-electron chi connectivity index (χ1n) is 11.7. The molecule has 1 saturated heterocycles. The minimum Gasteiger partial charge on any atom is -0.361 e. The summed E-state index contributed by atoms with van der Waals surface area (Å²) in [4.78, 5) is 4.91. The van der Waals surface area contributed by atoms with Crippen LogP contribution in [0.4, 0.5) is 13.2 Å². The fourth-order valence-electron chi connectivity index (χ4n) is 5.56. The number of aryl methyl sites for hydroxylation is 2. The Hall–Kier alpha value is -3.06. The highest BCUT2D eigenvalue weighted by Gasteiger charge is 2.37. The Morgan fingerprint density at radius 2 is 1.88 bits per heavy atom. The molecule has 0 saturated carbocycles. The molecule has 4 aromatic rings. The quantitative estimate of drug-likeness (QED) is 0.381. The topological polar surface area (TPSA) is 36.9 Å². The number of benzene rings is 2. The molecule has 7 heteroatoms.